The Balaban J connectivity index is 2.60. The summed E-state index contributed by atoms with van der Waals surface area (Å²) in [6, 6.07) is 2.20. The van der Waals surface area contributed by atoms with Gasteiger partial charge in [-0.2, -0.15) is 0 Å². The molecule has 0 aliphatic carbocycles. The lowest BCUT2D eigenvalue weighted by Crippen LogP contribution is -1.92. The SMILES string of the molecule is Cc1cc(-c2ocnc2CCl)c(F)cc1F. The highest BCUT2D eigenvalue weighted by molar-refractivity contribution is 6.17. The van der Waals surface area contributed by atoms with Gasteiger partial charge in [-0.1, -0.05) is 0 Å². The molecule has 84 valence electrons. The molecule has 0 N–H and O–H groups in total. The molecule has 0 spiro atoms. The van der Waals surface area contributed by atoms with Gasteiger partial charge in [0.1, 0.15) is 17.3 Å². The summed E-state index contributed by atoms with van der Waals surface area (Å²) in [7, 11) is 0. The van der Waals surface area contributed by atoms with Gasteiger partial charge in [0.05, 0.1) is 11.4 Å². The number of halogens is 3. The minimum atomic E-state index is -0.689. The normalized spacial score (nSPS) is 10.8. The lowest BCUT2D eigenvalue weighted by Gasteiger charge is -2.03. The second-order valence-corrected chi connectivity index (χ2v) is 3.61. The second-order valence-electron chi connectivity index (χ2n) is 3.34. The smallest absolute Gasteiger partial charge is 0.181 e. The monoisotopic (exact) mass is 243 g/mol. The van der Waals surface area contributed by atoms with Crippen LogP contribution >= 0.6 is 11.6 Å². The highest BCUT2D eigenvalue weighted by Crippen LogP contribution is 2.28. The molecule has 0 fully saturated rings. The predicted octanol–water partition coefficient (Wildman–Crippen LogP) is 3.67. The molecule has 1 heterocycles. The third kappa shape index (κ3) is 1.80. The van der Waals surface area contributed by atoms with Gasteiger partial charge in [0.25, 0.3) is 0 Å². The molecule has 0 bridgehead atoms. The maximum atomic E-state index is 13.5. The van der Waals surface area contributed by atoms with Crippen molar-refractivity contribution < 1.29 is 13.2 Å². The predicted molar refractivity (Wildman–Crippen MR) is 56.1 cm³/mol. The van der Waals surface area contributed by atoms with Gasteiger partial charge in [-0.15, -0.1) is 11.6 Å². The van der Waals surface area contributed by atoms with Crippen LogP contribution in [-0.2, 0) is 5.88 Å². The topological polar surface area (TPSA) is 26.0 Å². The maximum Gasteiger partial charge on any atom is 0.181 e. The third-order valence-electron chi connectivity index (χ3n) is 2.26. The van der Waals surface area contributed by atoms with Crippen LogP contribution in [0.1, 0.15) is 11.3 Å². The van der Waals surface area contributed by atoms with Crippen molar-refractivity contribution in [3.8, 4) is 11.3 Å². The molecule has 16 heavy (non-hydrogen) atoms. The van der Waals surface area contributed by atoms with E-state index in [0.717, 1.165) is 6.07 Å². The fourth-order valence-electron chi connectivity index (χ4n) is 1.41. The first-order chi connectivity index (χ1) is 7.63. The first-order valence-electron chi connectivity index (χ1n) is 4.58. The number of alkyl halides is 1. The zero-order chi connectivity index (χ0) is 11.7. The van der Waals surface area contributed by atoms with E-state index in [0.29, 0.717) is 11.3 Å². The van der Waals surface area contributed by atoms with Gasteiger partial charge in [-0.3, -0.25) is 0 Å². The van der Waals surface area contributed by atoms with E-state index >= 15 is 0 Å². The largest absolute Gasteiger partial charge is 0.443 e. The van der Waals surface area contributed by atoms with E-state index in [1.54, 1.807) is 6.92 Å². The first kappa shape index (κ1) is 11.1. The lowest BCUT2D eigenvalue weighted by atomic mass is 10.1. The Morgan fingerprint density at radius 3 is 2.75 bits per heavy atom. The Hall–Kier alpha value is -1.42. The highest BCUT2D eigenvalue weighted by Gasteiger charge is 2.16. The van der Waals surface area contributed by atoms with E-state index in [9.17, 15) is 8.78 Å². The van der Waals surface area contributed by atoms with Crippen molar-refractivity contribution in [1.82, 2.24) is 4.98 Å². The molecule has 0 amide bonds. The van der Waals surface area contributed by atoms with Crippen LogP contribution in [0.2, 0.25) is 0 Å². The summed E-state index contributed by atoms with van der Waals surface area (Å²) in [5.74, 6) is -0.920. The molecular formula is C11H8ClF2NO. The second kappa shape index (κ2) is 4.22. The van der Waals surface area contributed by atoms with Gasteiger partial charge in [0.2, 0.25) is 0 Å². The zero-order valence-electron chi connectivity index (χ0n) is 8.43. The van der Waals surface area contributed by atoms with Crippen LogP contribution in [0.4, 0.5) is 8.78 Å². The fourth-order valence-corrected chi connectivity index (χ4v) is 1.61. The molecule has 1 aromatic carbocycles. The number of rotatable bonds is 2. The van der Waals surface area contributed by atoms with E-state index in [4.69, 9.17) is 16.0 Å². The molecule has 1 aromatic heterocycles. The Kier molecular flexibility index (Phi) is 2.92. The minimum absolute atomic E-state index is 0.113. The molecule has 5 heteroatoms. The van der Waals surface area contributed by atoms with Crippen molar-refractivity contribution in [3.05, 3.63) is 41.4 Å². The Labute approximate surface area is 95.9 Å². The number of oxazole rings is 1. The van der Waals surface area contributed by atoms with Gasteiger partial charge in [-0.05, 0) is 18.6 Å². The summed E-state index contributed by atoms with van der Waals surface area (Å²) in [6.07, 6.45) is 1.19. The van der Waals surface area contributed by atoms with Crippen molar-refractivity contribution in [2.24, 2.45) is 0 Å². The van der Waals surface area contributed by atoms with Crippen molar-refractivity contribution >= 4 is 11.6 Å². The van der Waals surface area contributed by atoms with Gasteiger partial charge in [0, 0.05) is 6.07 Å². The van der Waals surface area contributed by atoms with Gasteiger partial charge in [0.15, 0.2) is 12.2 Å². The summed E-state index contributed by atoms with van der Waals surface area (Å²) < 4.78 is 31.7. The fraction of sp³-hybridized carbons (Fsp3) is 0.182. The number of benzene rings is 1. The van der Waals surface area contributed by atoms with E-state index in [-0.39, 0.29) is 17.2 Å². The van der Waals surface area contributed by atoms with Crippen LogP contribution in [0.3, 0.4) is 0 Å². The number of aryl methyl sites for hydroxylation is 1. The van der Waals surface area contributed by atoms with E-state index in [1.807, 2.05) is 0 Å². The average Bonchev–Trinajstić information content (AvgIpc) is 2.71. The third-order valence-corrected chi connectivity index (χ3v) is 2.51. The van der Waals surface area contributed by atoms with Crippen LogP contribution in [0.15, 0.2) is 22.9 Å². The molecule has 0 unspecified atom stereocenters. The average molecular weight is 244 g/mol. The molecule has 0 saturated carbocycles. The molecule has 2 nitrogen and oxygen atoms in total. The Bertz CT molecular complexity index is 525. The van der Waals surface area contributed by atoms with Crippen LogP contribution < -0.4 is 0 Å². The highest BCUT2D eigenvalue weighted by atomic mass is 35.5. The summed E-state index contributed by atoms with van der Waals surface area (Å²) in [5, 5.41) is 0. The van der Waals surface area contributed by atoms with Crippen LogP contribution in [0, 0.1) is 18.6 Å². The van der Waals surface area contributed by atoms with Crippen molar-refractivity contribution in [3.63, 3.8) is 0 Å². The molecule has 0 atom stereocenters. The first-order valence-corrected chi connectivity index (χ1v) is 5.11. The van der Waals surface area contributed by atoms with Crippen LogP contribution in [0.5, 0.6) is 0 Å². The Morgan fingerprint density at radius 2 is 2.06 bits per heavy atom. The van der Waals surface area contributed by atoms with Crippen molar-refractivity contribution in [2.45, 2.75) is 12.8 Å². The van der Waals surface area contributed by atoms with Gasteiger partial charge in [-0.25, -0.2) is 13.8 Å². The Morgan fingerprint density at radius 1 is 1.31 bits per heavy atom. The van der Waals surface area contributed by atoms with Crippen molar-refractivity contribution in [1.29, 1.82) is 0 Å². The van der Waals surface area contributed by atoms with Crippen LogP contribution in [0.25, 0.3) is 11.3 Å². The molecule has 0 saturated heterocycles. The molecule has 0 aliphatic heterocycles. The van der Waals surface area contributed by atoms with E-state index in [1.165, 1.54) is 12.5 Å². The standard InChI is InChI=1S/C11H8ClF2NO/c1-6-2-7(9(14)3-8(6)13)11-10(4-12)15-5-16-11/h2-3,5H,4H2,1H3. The minimum Gasteiger partial charge on any atom is -0.443 e. The maximum absolute atomic E-state index is 13.5. The molecule has 0 aliphatic rings. The lowest BCUT2D eigenvalue weighted by molar-refractivity contribution is 0.552. The summed E-state index contributed by atoms with van der Waals surface area (Å²) in [5.41, 5.74) is 0.951. The number of nitrogens with zero attached hydrogens (tertiary/aromatic N) is 1. The summed E-state index contributed by atoms with van der Waals surface area (Å²) in [6.45, 7) is 1.55. The van der Waals surface area contributed by atoms with Gasteiger partial charge < -0.3 is 4.42 Å². The number of aromatic nitrogens is 1. The molecule has 0 radical (unpaired) electrons. The summed E-state index contributed by atoms with van der Waals surface area (Å²) in [4.78, 5) is 3.85. The van der Waals surface area contributed by atoms with E-state index < -0.39 is 11.6 Å². The number of hydrogen-bond acceptors (Lipinski definition) is 2. The molecule has 2 rings (SSSR count). The number of hydrogen-bond donors (Lipinski definition) is 0. The van der Waals surface area contributed by atoms with Gasteiger partial charge >= 0.3 is 0 Å². The quantitative estimate of drug-likeness (QED) is 0.753. The zero-order valence-corrected chi connectivity index (χ0v) is 9.18. The molecular weight excluding hydrogens is 236 g/mol. The van der Waals surface area contributed by atoms with E-state index in [2.05, 4.69) is 4.98 Å². The van der Waals surface area contributed by atoms with Crippen LogP contribution in [-0.4, -0.2) is 4.98 Å². The summed E-state index contributed by atoms with van der Waals surface area (Å²) >= 11 is 5.63. The van der Waals surface area contributed by atoms with Crippen molar-refractivity contribution in [2.75, 3.05) is 0 Å². The molecule has 2 aromatic rings.